The highest BCUT2D eigenvalue weighted by Crippen LogP contribution is 2.46. The van der Waals surface area contributed by atoms with E-state index in [1.54, 1.807) is 0 Å². The van der Waals surface area contributed by atoms with Gasteiger partial charge in [0, 0.05) is 29.6 Å². The molecule has 0 bridgehead atoms. The Labute approximate surface area is 196 Å². The van der Waals surface area contributed by atoms with Gasteiger partial charge in [-0.25, -0.2) is 0 Å². The first-order valence-electron chi connectivity index (χ1n) is 11.9. The van der Waals surface area contributed by atoms with E-state index in [1.165, 1.54) is 36.8 Å². The molecule has 1 N–H and O–H groups in total. The number of likely N-dealkylation sites (tertiary alicyclic amines) is 1. The predicted molar refractivity (Wildman–Crippen MR) is 132 cm³/mol. The molecule has 0 amide bonds. The summed E-state index contributed by atoms with van der Waals surface area (Å²) in [5.41, 5.74) is 3.27. The molecule has 1 heterocycles. The molecule has 0 aromatic heterocycles. The standard InChI is InChI=1S/C29H32ClNO/c30-26-13-11-25(12-14-26)29(32)19-21-31(22-20-29)27-15-17-28(18-16-27,23-7-3-1-4-8-23)24-9-5-2-6-10-24/h1-14,27,32H,15-22H2. The highest BCUT2D eigenvalue weighted by atomic mass is 35.5. The molecule has 32 heavy (non-hydrogen) atoms. The molecular formula is C29H32ClNO. The second kappa shape index (κ2) is 9.02. The largest absolute Gasteiger partial charge is 0.385 e. The van der Waals surface area contributed by atoms with Gasteiger partial charge in [-0.2, -0.15) is 0 Å². The maximum atomic E-state index is 11.3. The van der Waals surface area contributed by atoms with Gasteiger partial charge in [0.2, 0.25) is 0 Å². The van der Waals surface area contributed by atoms with Crippen molar-refractivity contribution < 1.29 is 5.11 Å². The lowest BCUT2D eigenvalue weighted by Gasteiger charge is -2.47. The van der Waals surface area contributed by atoms with Crippen molar-refractivity contribution in [1.29, 1.82) is 0 Å². The summed E-state index contributed by atoms with van der Waals surface area (Å²) in [6, 6.07) is 30.5. The molecule has 1 aliphatic carbocycles. The van der Waals surface area contributed by atoms with Crippen molar-refractivity contribution >= 4 is 11.6 Å². The lowest BCUT2D eigenvalue weighted by atomic mass is 9.64. The number of nitrogens with zero attached hydrogens (tertiary/aromatic N) is 1. The molecule has 1 saturated heterocycles. The summed E-state index contributed by atoms with van der Waals surface area (Å²) < 4.78 is 0. The fraction of sp³-hybridized carbons (Fsp3) is 0.379. The second-order valence-corrected chi connectivity index (χ2v) is 10.1. The molecule has 3 heteroatoms. The van der Waals surface area contributed by atoms with E-state index in [-0.39, 0.29) is 5.41 Å². The molecule has 0 atom stereocenters. The van der Waals surface area contributed by atoms with Gasteiger partial charge < -0.3 is 10.0 Å². The Morgan fingerprint density at radius 1 is 0.656 bits per heavy atom. The molecule has 2 fully saturated rings. The highest BCUT2D eigenvalue weighted by molar-refractivity contribution is 6.30. The topological polar surface area (TPSA) is 23.5 Å². The zero-order chi connectivity index (χ0) is 22.0. The number of benzene rings is 3. The molecule has 1 saturated carbocycles. The van der Waals surface area contributed by atoms with Gasteiger partial charge in [0.05, 0.1) is 5.60 Å². The van der Waals surface area contributed by atoms with Gasteiger partial charge in [-0.15, -0.1) is 0 Å². The van der Waals surface area contributed by atoms with Gasteiger partial charge >= 0.3 is 0 Å². The van der Waals surface area contributed by atoms with Crippen LogP contribution in [0.1, 0.15) is 55.2 Å². The first kappa shape index (κ1) is 21.7. The number of hydrogen-bond acceptors (Lipinski definition) is 2. The fourth-order valence-corrected chi connectivity index (χ4v) is 6.15. The average Bonchev–Trinajstić information content (AvgIpc) is 2.86. The molecule has 3 aromatic carbocycles. The summed E-state index contributed by atoms with van der Waals surface area (Å²) in [5, 5.41) is 12.0. The van der Waals surface area contributed by atoms with E-state index in [0.29, 0.717) is 6.04 Å². The van der Waals surface area contributed by atoms with Gasteiger partial charge in [0.25, 0.3) is 0 Å². The first-order chi connectivity index (χ1) is 15.6. The lowest BCUT2D eigenvalue weighted by molar-refractivity contribution is -0.0408. The Kier molecular flexibility index (Phi) is 6.11. The summed E-state index contributed by atoms with van der Waals surface area (Å²) in [6.45, 7) is 1.90. The van der Waals surface area contributed by atoms with E-state index < -0.39 is 5.60 Å². The lowest BCUT2D eigenvalue weighted by Crippen LogP contribution is -2.49. The smallest absolute Gasteiger partial charge is 0.0920 e. The Morgan fingerprint density at radius 2 is 1.16 bits per heavy atom. The van der Waals surface area contributed by atoms with Crippen molar-refractivity contribution in [2.75, 3.05) is 13.1 Å². The fourth-order valence-electron chi connectivity index (χ4n) is 6.03. The quantitative estimate of drug-likeness (QED) is 0.492. The maximum absolute atomic E-state index is 11.3. The number of halogens is 1. The third kappa shape index (κ3) is 4.12. The van der Waals surface area contributed by atoms with Crippen molar-refractivity contribution in [1.82, 2.24) is 4.90 Å². The molecule has 2 aliphatic rings. The SMILES string of the molecule is OC1(c2ccc(Cl)cc2)CCN(C2CCC(c3ccccc3)(c3ccccc3)CC2)CC1. The van der Waals surface area contributed by atoms with Crippen LogP contribution in [0.2, 0.25) is 5.02 Å². The van der Waals surface area contributed by atoms with E-state index in [9.17, 15) is 5.11 Å². The van der Waals surface area contributed by atoms with Crippen LogP contribution >= 0.6 is 11.6 Å². The average molecular weight is 446 g/mol. The van der Waals surface area contributed by atoms with Gasteiger partial charge in [-0.05, 0) is 67.3 Å². The molecule has 2 nitrogen and oxygen atoms in total. The summed E-state index contributed by atoms with van der Waals surface area (Å²) in [7, 11) is 0. The monoisotopic (exact) mass is 445 g/mol. The van der Waals surface area contributed by atoms with Crippen LogP contribution in [0, 0.1) is 0 Å². The van der Waals surface area contributed by atoms with E-state index in [0.717, 1.165) is 36.5 Å². The minimum atomic E-state index is -0.729. The Bertz CT molecular complexity index is 961. The molecule has 0 unspecified atom stereocenters. The summed E-state index contributed by atoms with van der Waals surface area (Å²) in [5.74, 6) is 0. The highest BCUT2D eigenvalue weighted by Gasteiger charge is 2.42. The van der Waals surface area contributed by atoms with Crippen molar-refractivity contribution in [2.45, 2.75) is 55.6 Å². The van der Waals surface area contributed by atoms with E-state index in [4.69, 9.17) is 11.6 Å². The molecule has 1 aliphatic heterocycles. The van der Waals surface area contributed by atoms with Crippen molar-refractivity contribution in [3.8, 4) is 0 Å². The zero-order valence-corrected chi connectivity index (χ0v) is 19.3. The molecular weight excluding hydrogens is 414 g/mol. The third-order valence-corrected chi connectivity index (χ3v) is 8.24. The van der Waals surface area contributed by atoms with E-state index in [1.807, 2.05) is 24.3 Å². The van der Waals surface area contributed by atoms with Crippen molar-refractivity contribution in [3.05, 3.63) is 107 Å². The Balaban J connectivity index is 1.28. The Morgan fingerprint density at radius 3 is 1.66 bits per heavy atom. The van der Waals surface area contributed by atoms with Crippen LogP contribution in [0.15, 0.2) is 84.9 Å². The number of aliphatic hydroxyl groups is 1. The van der Waals surface area contributed by atoms with E-state index >= 15 is 0 Å². The summed E-state index contributed by atoms with van der Waals surface area (Å²) in [6.07, 6.45) is 6.31. The molecule has 5 rings (SSSR count). The van der Waals surface area contributed by atoms with Crippen LogP contribution in [0.25, 0.3) is 0 Å². The van der Waals surface area contributed by atoms with Crippen LogP contribution < -0.4 is 0 Å². The zero-order valence-electron chi connectivity index (χ0n) is 18.6. The van der Waals surface area contributed by atoms with Crippen LogP contribution in [0.3, 0.4) is 0 Å². The minimum Gasteiger partial charge on any atom is -0.385 e. The third-order valence-electron chi connectivity index (χ3n) is 7.98. The summed E-state index contributed by atoms with van der Waals surface area (Å²) in [4.78, 5) is 2.63. The number of rotatable bonds is 4. The molecule has 0 radical (unpaired) electrons. The normalized spacial score (nSPS) is 21.3. The van der Waals surface area contributed by atoms with Gasteiger partial charge in [0.1, 0.15) is 0 Å². The number of piperidine rings is 1. The Hall–Kier alpha value is -2.13. The molecule has 3 aromatic rings. The molecule has 166 valence electrons. The van der Waals surface area contributed by atoms with Crippen LogP contribution in [-0.4, -0.2) is 29.1 Å². The predicted octanol–water partition coefficient (Wildman–Crippen LogP) is 6.55. The van der Waals surface area contributed by atoms with Crippen LogP contribution in [0.4, 0.5) is 0 Å². The van der Waals surface area contributed by atoms with Gasteiger partial charge in [-0.3, -0.25) is 0 Å². The summed E-state index contributed by atoms with van der Waals surface area (Å²) >= 11 is 6.04. The van der Waals surface area contributed by atoms with Gasteiger partial charge in [0.15, 0.2) is 0 Å². The van der Waals surface area contributed by atoms with Crippen molar-refractivity contribution in [3.63, 3.8) is 0 Å². The van der Waals surface area contributed by atoms with Crippen LogP contribution in [0.5, 0.6) is 0 Å². The van der Waals surface area contributed by atoms with Crippen molar-refractivity contribution in [2.24, 2.45) is 0 Å². The number of hydrogen-bond donors (Lipinski definition) is 1. The van der Waals surface area contributed by atoms with Gasteiger partial charge in [-0.1, -0.05) is 84.4 Å². The van der Waals surface area contributed by atoms with E-state index in [2.05, 4.69) is 65.6 Å². The minimum absolute atomic E-state index is 0.110. The second-order valence-electron chi connectivity index (χ2n) is 9.62. The van der Waals surface area contributed by atoms with Crippen LogP contribution in [-0.2, 0) is 11.0 Å². The first-order valence-corrected chi connectivity index (χ1v) is 12.3. The molecule has 0 spiro atoms. The maximum Gasteiger partial charge on any atom is 0.0920 e.